The molecule has 0 atom stereocenters. The van der Waals surface area contributed by atoms with Gasteiger partial charge in [0, 0.05) is 5.56 Å². The molecular formula is C11H10N2O. The molecule has 0 spiro atoms. The van der Waals surface area contributed by atoms with Crippen LogP contribution in [-0.2, 0) is 0 Å². The Hall–Kier alpha value is -2.03. The second-order valence-corrected chi connectivity index (χ2v) is 2.94. The topological polar surface area (TPSA) is 48.9 Å². The highest BCUT2D eigenvalue weighted by molar-refractivity contribution is 5.54. The number of hydrogen-bond donors (Lipinski definition) is 2. The predicted octanol–water partition coefficient (Wildman–Crippen LogP) is 0.783. The number of benzene rings is 1. The van der Waals surface area contributed by atoms with E-state index in [4.69, 9.17) is 5.11 Å². The van der Waals surface area contributed by atoms with Crippen LogP contribution in [-0.4, -0.2) is 15.1 Å². The van der Waals surface area contributed by atoms with Gasteiger partial charge in [-0.25, -0.2) is 4.98 Å². The maximum atomic E-state index is 8.83. The maximum Gasteiger partial charge on any atom is 0.138 e. The summed E-state index contributed by atoms with van der Waals surface area (Å²) < 4.78 is 0. The van der Waals surface area contributed by atoms with Crippen molar-refractivity contribution in [3.63, 3.8) is 0 Å². The third-order valence-corrected chi connectivity index (χ3v) is 1.98. The molecule has 0 saturated heterocycles. The van der Waals surface area contributed by atoms with Crippen LogP contribution in [0.3, 0.4) is 0 Å². The summed E-state index contributed by atoms with van der Waals surface area (Å²) in [6.07, 6.45) is 0.950. The third-order valence-electron chi connectivity index (χ3n) is 1.98. The van der Waals surface area contributed by atoms with Gasteiger partial charge in [-0.2, -0.15) is 0 Å². The lowest BCUT2D eigenvalue weighted by molar-refractivity contribution is 0.538. The smallest absolute Gasteiger partial charge is 0.138 e. The molecule has 0 aliphatic rings. The summed E-state index contributed by atoms with van der Waals surface area (Å²) in [5.74, 6) is 0.718. The van der Waals surface area contributed by atoms with Crippen molar-refractivity contribution in [2.24, 2.45) is 0 Å². The number of hydrogen-bond acceptors (Lipinski definition) is 2. The van der Waals surface area contributed by atoms with E-state index in [1.165, 1.54) is 0 Å². The lowest BCUT2D eigenvalue weighted by Crippen LogP contribution is -2.22. The summed E-state index contributed by atoms with van der Waals surface area (Å²) in [5.41, 5.74) is 0.977. The molecule has 0 aliphatic heterocycles. The zero-order valence-electron chi connectivity index (χ0n) is 7.57. The first-order valence-corrected chi connectivity index (χ1v) is 4.26. The summed E-state index contributed by atoms with van der Waals surface area (Å²) in [4.78, 5) is 7.17. The predicted molar refractivity (Wildman–Crippen MR) is 55.9 cm³/mol. The van der Waals surface area contributed by atoms with Gasteiger partial charge < -0.3 is 10.1 Å². The molecule has 0 radical (unpaired) electrons. The molecule has 0 amide bonds. The third kappa shape index (κ3) is 1.40. The summed E-state index contributed by atoms with van der Waals surface area (Å²) in [5, 5.41) is 9.92. The number of nitrogens with one attached hydrogen (secondary N) is 1. The van der Waals surface area contributed by atoms with Gasteiger partial charge in [0.15, 0.2) is 0 Å². The van der Waals surface area contributed by atoms with E-state index in [9.17, 15) is 0 Å². The van der Waals surface area contributed by atoms with Crippen LogP contribution in [0.15, 0.2) is 30.3 Å². The highest BCUT2D eigenvalue weighted by atomic mass is 16.2. The SMILES string of the molecule is C=c1[nH]c(-c2ccccc2)nc1=CO. The van der Waals surface area contributed by atoms with Crippen LogP contribution in [0.2, 0.25) is 0 Å². The number of aliphatic hydroxyl groups excluding tert-OH is 1. The lowest BCUT2D eigenvalue weighted by Gasteiger charge is -1.92. The normalized spacial score (nSPS) is 11.9. The molecule has 0 saturated carbocycles. The summed E-state index contributed by atoms with van der Waals surface area (Å²) in [6.45, 7) is 3.73. The first-order chi connectivity index (χ1) is 6.81. The first-order valence-electron chi connectivity index (χ1n) is 4.26. The average molecular weight is 186 g/mol. The molecule has 1 heterocycles. The molecule has 3 nitrogen and oxygen atoms in total. The van der Waals surface area contributed by atoms with E-state index < -0.39 is 0 Å². The molecule has 1 aromatic heterocycles. The van der Waals surface area contributed by atoms with Crippen LogP contribution in [0.1, 0.15) is 0 Å². The molecular weight excluding hydrogens is 176 g/mol. The lowest BCUT2D eigenvalue weighted by atomic mass is 10.2. The van der Waals surface area contributed by atoms with Crippen LogP contribution in [0.25, 0.3) is 24.2 Å². The number of rotatable bonds is 1. The fourth-order valence-electron chi connectivity index (χ4n) is 1.26. The fourth-order valence-corrected chi connectivity index (χ4v) is 1.26. The quantitative estimate of drug-likeness (QED) is 0.691. The molecule has 0 unspecified atom stereocenters. The minimum Gasteiger partial charge on any atom is -0.513 e. The van der Waals surface area contributed by atoms with Crippen LogP contribution >= 0.6 is 0 Å². The number of imidazole rings is 1. The van der Waals surface area contributed by atoms with Crippen molar-refractivity contribution in [1.82, 2.24) is 9.97 Å². The minimum atomic E-state index is 0.476. The summed E-state index contributed by atoms with van der Waals surface area (Å²) in [7, 11) is 0. The van der Waals surface area contributed by atoms with Crippen LogP contribution in [0, 0.1) is 0 Å². The Morgan fingerprint density at radius 2 is 2.00 bits per heavy atom. The monoisotopic (exact) mass is 186 g/mol. The van der Waals surface area contributed by atoms with Gasteiger partial charge in [-0.3, -0.25) is 0 Å². The number of aromatic nitrogens is 2. The van der Waals surface area contributed by atoms with Gasteiger partial charge in [0.2, 0.25) is 0 Å². The van der Waals surface area contributed by atoms with Gasteiger partial charge >= 0.3 is 0 Å². The second kappa shape index (κ2) is 3.38. The number of H-pyrrole nitrogens is 1. The van der Waals surface area contributed by atoms with Crippen LogP contribution in [0.5, 0.6) is 0 Å². The Balaban J connectivity index is 2.60. The maximum absolute atomic E-state index is 8.83. The van der Waals surface area contributed by atoms with E-state index in [1.54, 1.807) is 0 Å². The Labute approximate surface area is 81.1 Å². The van der Waals surface area contributed by atoms with Gasteiger partial charge in [-0.05, 0) is 0 Å². The van der Waals surface area contributed by atoms with Gasteiger partial charge in [-0.1, -0.05) is 36.9 Å². The second-order valence-electron chi connectivity index (χ2n) is 2.94. The Kier molecular flexibility index (Phi) is 2.07. The standard InChI is InChI=1S/C11H10N2O/c1-8-10(7-14)13-11(12-8)9-5-3-2-4-6-9/h2-7,14H,1H2,(H,12,13). The molecule has 0 bridgehead atoms. The van der Waals surface area contributed by atoms with Crippen molar-refractivity contribution in [3.05, 3.63) is 41.0 Å². The van der Waals surface area contributed by atoms with Gasteiger partial charge in [-0.15, -0.1) is 0 Å². The number of nitrogens with zero attached hydrogens (tertiary/aromatic N) is 1. The van der Waals surface area contributed by atoms with Gasteiger partial charge in [0.1, 0.15) is 17.4 Å². The molecule has 0 fully saturated rings. The number of aliphatic hydroxyl groups is 1. The Bertz CT molecular complexity index is 528. The molecule has 3 heteroatoms. The molecule has 2 N–H and O–H groups in total. The highest BCUT2D eigenvalue weighted by Crippen LogP contribution is 2.09. The van der Waals surface area contributed by atoms with E-state index in [0.29, 0.717) is 10.7 Å². The van der Waals surface area contributed by atoms with Crippen LogP contribution < -0.4 is 10.7 Å². The summed E-state index contributed by atoms with van der Waals surface area (Å²) in [6, 6.07) is 9.70. The molecule has 1 aromatic carbocycles. The van der Waals surface area contributed by atoms with E-state index in [2.05, 4.69) is 16.5 Å². The van der Waals surface area contributed by atoms with Gasteiger partial charge in [0.25, 0.3) is 0 Å². The molecule has 70 valence electrons. The van der Waals surface area contributed by atoms with Crippen molar-refractivity contribution < 1.29 is 5.11 Å². The minimum absolute atomic E-state index is 0.476. The van der Waals surface area contributed by atoms with Crippen molar-refractivity contribution in [3.8, 4) is 11.4 Å². The molecule has 0 aliphatic carbocycles. The van der Waals surface area contributed by atoms with E-state index in [1.807, 2.05) is 30.3 Å². The zero-order chi connectivity index (χ0) is 9.97. The first kappa shape index (κ1) is 8.56. The van der Waals surface area contributed by atoms with E-state index in [0.717, 1.165) is 17.6 Å². The van der Waals surface area contributed by atoms with Crippen molar-refractivity contribution >= 4 is 12.8 Å². The average Bonchev–Trinajstić information content (AvgIpc) is 2.61. The van der Waals surface area contributed by atoms with E-state index >= 15 is 0 Å². The molecule has 2 rings (SSSR count). The molecule has 14 heavy (non-hydrogen) atoms. The molecule has 2 aromatic rings. The number of aromatic amines is 1. The highest BCUT2D eigenvalue weighted by Gasteiger charge is 1.99. The van der Waals surface area contributed by atoms with Crippen molar-refractivity contribution in [2.75, 3.05) is 0 Å². The van der Waals surface area contributed by atoms with Crippen LogP contribution in [0.4, 0.5) is 0 Å². The Morgan fingerprint density at radius 3 is 2.57 bits per heavy atom. The van der Waals surface area contributed by atoms with Crippen molar-refractivity contribution in [2.45, 2.75) is 0 Å². The van der Waals surface area contributed by atoms with Gasteiger partial charge in [0.05, 0.1) is 5.35 Å². The zero-order valence-corrected chi connectivity index (χ0v) is 7.57. The van der Waals surface area contributed by atoms with E-state index in [-0.39, 0.29) is 0 Å². The summed E-state index contributed by atoms with van der Waals surface area (Å²) >= 11 is 0. The Morgan fingerprint density at radius 1 is 1.29 bits per heavy atom. The van der Waals surface area contributed by atoms with Crippen molar-refractivity contribution in [1.29, 1.82) is 0 Å². The largest absolute Gasteiger partial charge is 0.513 e. The fraction of sp³-hybridized carbons (Fsp3) is 0.